The van der Waals surface area contributed by atoms with Gasteiger partial charge in [-0.25, -0.2) is 0 Å². The van der Waals surface area contributed by atoms with Crippen molar-refractivity contribution in [1.82, 2.24) is 15.5 Å². The summed E-state index contributed by atoms with van der Waals surface area (Å²) in [5.74, 6) is 2.41. The van der Waals surface area contributed by atoms with Crippen molar-refractivity contribution in [3.05, 3.63) is 11.7 Å². The largest absolute Gasteiger partial charge is 0.379 e. The molecule has 0 spiro atoms. The maximum atomic E-state index is 5.52. The minimum absolute atomic E-state index is 0.224. The fourth-order valence-corrected chi connectivity index (χ4v) is 2.23. The van der Waals surface area contributed by atoms with Crippen LogP contribution in [0.25, 0.3) is 0 Å². The molecule has 94 valence electrons. The van der Waals surface area contributed by atoms with Gasteiger partial charge in [0.25, 0.3) is 0 Å². The van der Waals surface area contributed by atoms with E-state index >= 15 is 0 Å². The van der Waals surface area contributed by atoms with Crippen molar-refractivity contribution < 1.29 is 9.26 Å². The van der Waals surface area contributed by atoms with Gasteiger partial charge in [-0.2, -0.15) is 4.98 Å². The van der Waals surface area contributed by atoms with Crippen LogP contribution in [0.4, 0.5) is 0 Å². The summed E-state index contributed by atoms with van der Waals surface area (Å²) in [7, 11) is 0. The minimum Gasteiger partial charge on any atom is -0.379 e. The molecule has 1 aliphatic carbocycles. The monoisotopic (exact) mass is 237 g/mol. The number of hydrogen-bond acceptors (Lipinski definition) is 5. The molecule has 2 atom stereocenters. The molecule has 1 saturated carbocycles. The van der Waals surface area contributed by atoms with Gasteiger partial charge in [0.15, 0.2) is 5.82 Å². The topological polar surface area (TPSA) is 60.2 Å². The highest BCUT2D eigenvalue weighted by molar-refractivity contribution is 5.08. The third-order valence-corrected chi connectivity index (χ3v) is 3.45. The van der Waals surface area contributed by atoms with E-state index in [1.165, 1.54) is 12.8 Å². The van der Waals surface area contributed by atoms with Crippen LogP contribution in [0, 0.1) is 0 Å². The van der Waals surface area contributed by atoms with E-state index in [0.29, 0.717) is 18.6 Å². The van der Waals surface area contributed by atoms with Crippen LogP contribution in [0.5, 0.6) is 0 Å². The van der Waals surface area contributed by atoms with Crippen molar-refractivity contribution in [2.75, 3.05) is 19.8 Å². The highest BCUT2D eigenvalue weighted by Gasteiger charge is 2.35. The molecule has 1 saturated heterocycles. The lowest BCUT2D eigenvalue weighted by Gasteiger charge is -2.14. The second-order valence-corrected chi connectivity index (χ2v) is 4.97. The smallest absolute Gasteiger partial charge is 0.233 e. The Morgan fingerprint density at radius 3 is 3.00 bits per heavy atom. The van der Waals surface area contributed by atoms with E-state index in [9.17, 15) is 0 Å². The van der Waals surface area contributed by atoms with Crippen molar-refractivity contribution in [1.29, 1.82) is 0 Å². The van der Waals surface area contributed by atoms with Crippen molar-refractivity contribution in [3.8, 4) is 0 Å². The summed E-state index contributed by atoms with van der Waals surface area (Å²) in [6.07, 6.45) is 3.54. The van der Waals surface area contributed by atoms with Gasteiger partial charge in [0, 0.05) is 12.0 Å². The van der Waals surface area contributed by atoms with Gasteiger partial charge in [0.05, 0.1) is 19.1 Å². The Bertz CT molecular complexity index is 376. The molecule has 0 bridgehead atoms. The molecule has 17 heavy (non-hydrogen) atoms. The molecule has 0 amide bonds. The molecule has 1 N–H and O–H groups in total. The summed E-state index contributed by atoms with van der Waals surface area (Å²) >= 11 is 0. The number of aromatic nitrogens is 2. The lowest BCUT2D eigenvalue weighted by Crippen LogP contribution is -2.35. The number of rotatable bonds is 5. The van der Waals surface area contributed by atoms with Crippen LogP contribution in [0.15, 0.2) is 4.52 Å². The predicted octanol–water partition coefficient (Wildman–Crippen LogP) is 1.43. The van der Waals surface area contributed by atoms with Crippen LogP contribution in [0.2, 0.25) is 0 Å². The van der Waals surface area contributed by atoms with E-state index in [0.717, 1.165) is 31.3 Å². The van der Waals surface area contributed by atoms with Gasteiger partial charge in [0.1, 0.15) is 0 Å². The second-order valence-electron chi connectivity index (χ2n) is 4.97. The zero-order valence-electron chi connectivity index (χ0n) is 10.2. The zero-order valence-corrected chi connectivity index (χ0v) is 10.2. The molecule has 1 aromatic rings. The Morgan fingerprint density at radius 1 is 1.35 bits per heavy atom. The van der Waals surface area contributed by atoms with Crippen molar-refractivity contribution >= 4 is 0 Å². The zero-order chi connectivity index (χ0) is 11.7. The van der Waals surface area contributed by atoms with Gasteiger partial charge in [-0.15, -0.1) is 0 Å². The summed E-state index contributed by atoms with van der Waals surface area (Å²) in [6.45, 7) is 4.60. The van der Waals surface area contributed by atoms with E-state index in [-0.39, 0.29) is 5.92 Å². The molecule has 5 heteroatoms. The average Bonchev–Trinajstić information content (AvgIpc) is 2.92. The van der Waals surface area contributed by atoms with Crippen molar-refractivity contribution in [3.63, 3.8) is 0 Å². The average molecular weight is 237 g/mol. The Hall–Kier alpha value is -0.940. The Balaban J connectivity index is 1.67. The molecule has 1 aromatic heterocycles. The molecule has 2 heterocycles. The summed E-state index contributed by atoms with van der Waals surface area (Å²) in [5.41, 5.74) is 0. The Kier molecular flexibility index (Phi) is 3.11. The summed E-state index contributed by atoms with van der Waals surface area (Å²) in [5, 5.41) is 7.55. The first-order chi connectivity index (χ1) is 8.38. The molecule has 0 aromatic carbocycles. The van der Waals surface area contributed by atoms with E-state index in [4.69, 9.17) is 9.26 Å². The minimum atomic E-state index is 0.224. The van der Waals surface area contributed by atoms with E-state index in [2.05, 4.69) is 22.4 Å². The highest BCUT2D eigenvalue weighted by Crippen LogP contribution is 2.39. The fourth-order valence-electron chi connectivity index (χ4n) is 2.23. The van der Waals surface area contributed by atoms with E-state index in [1.807, 2.05) is 0 Å². The van der Waals surface area contributed by atoms with Crippen LogP contribution >= 0.6 is 0 Å². The van der Waals surface area contributed by atoms with Gasteiger partial charge in [-0.05, 0) is 25.8 Å². The number of nitrogens with one attached hydrogen (secondary N) is 1. The van der Waals surface area contributed by atoms with Crippen LogP contribution < -0.4 is 5.32 Å². The molecule has 5 nitrogen and oxygen atoms in total. The van der Waals surface area contributed by atoms with Gasteiger partial charge < -0.3 is 14.6 Å². The number of nitrogens with zero attached hydrogens (tertiary/aromatic N) is 2. The molecule has 2 unspecified atom stereocenters. The first-order valence-corrected chi connectivity index (χ1v) is 6.53. The summed E-state index contributed by atoms with van der Waals surface area (Å²) < 4.78 is 10.9. The normalized spacial score (nSPS) is 28.8. The first-order valence-electron chi connectivity index (χ1n) is 6.53. The van der Waals surface area contributed by atoms with Crippen LogP contribution in [-0.4, -0.2) is 35.9 Å². The maximum absolute atomic E-state index is 5.52. The molecule has 2 aliphatic rings. The van der Waals surface area contributed by atoms with Gasteiger partial charge in [-0.3, -0.25) is 0 Å². The summed E-state index contributed by atoms with van der Waals surface area (Å²) in [6, 6.07) is 0.322. The highest BCUT2D eigenvalue weighted by atomic mass is 16.5. The number of ether oxygens (including phenoxy) is 1. The van der Waals surface area contributed by atoms with Gasteiger partial charge >= 0.3 is 0 Å². The standard InChI is InChI=1S/C12H19N3O2/c1-2-5-13-10-7-16-6-9(10)12-14-11(15-17-12)8-3-4-8/h8-10,13H,2-7H2,1H3. The van der Waals surface area contributed by atoms with Crippen LogP contribution in [0.3, 0.4) is 0 Å². The van der Waals surface area contributed by atoms with Crippen molar-refractivity contribution in [2.45, 2.75) is 44.1 Å². The maximum Gasteiger partial charge on any atom is 0.233 e. The number of hydrogen-bond donors (Lipinski definition) is 1. The molecule has 0 radical (unpaired) electrons. The van der Waals surface area contributed by atoms with Crippen LogP contribution in [0.1, 0.15) is 49.7 Å². The third-order valence-electron chi connectivity index (χ3n) is 3.45. The third kappa shape index (κ3) is 2.35. The van der Waals surface area contributed by atoms with Gasteiger partial charge in [-0.1, -0.05) is 12.1 Å². The lowest BCUT2D eigenvalue weighted by molar-refractivity contribution is 0.184. The van der Waals surface area contributed by atoms with Crippen LogP contribution in [-0.2, 0) is 4.74 Å². The molecule has 1 aliphatic heterocycles. The Labute approximate surface area is 101 Å². The quantitative estimate of drug-likeness (QED) is 0.839. The Morgan fingerprint density at radius 2 is 2.24 bits per heavy atom. The molecular formula is C12H19N3O2. The predicted molar refractivity (Wildman–Crippen MR) is 61.9 cm³/mol. The first kappa shape index (κ1) is 11.2. The van der Waals surface area contributed by atoms with Crippen molar-refractivity contribution in [2.24, 2.45) is 0 Å². The van der Waals surface area contributed by atoms with E-state index in [1.54, 1.807) is 0 Å². The lowest BCUT2D eigenvalue weighted by atomic mass is 10.0. The van der Waals surface area contributed by atoms with Gasteiger partial charge in [0.2, 0.25) is 5.89 Å². The second kappa shape index (κ2) is 4.74. The SMILES string of the molecule is CCCNC1COCC1c1nc(C2CC2)no1. The molecule has 3 rings (SSSR count). The molecule has 2 fully saturated rings. The molecular weight excluding hydrogens is 218 g/mol. The van der Waals surface area contributed by atoms with E-state index < -0.39 is 0 Å². The fraction of sp³-hybridized carbons (Fsp3) is 0.833. The summed E-state index contributed by atoms with van der Waals surface area (Å²) in [4.78, 5) is 4.51.